The third-order valence-electron chi connectivity index (χ3n) is 6.00. The van der Waals surface area contributed by atoms with Crippen molar-refractivity contribution in [3.8, 4) is 11.5 Å². The van der Waals surface area contributed by atoms with Crippen molar-refractivity contribution in [3.05, 3.63) is 83.1 Å². The van der Waals surface area contributed by atoms with E-state index < -0.39 is 5.97 Å². The summed E-state index contributed by atoms with van der Waals surface area (Å²) in [7, 11) is 0. The number of fused-ring (bicyclic) bond motifs is 1. The smallest absolute Gasteiger partial charge is 0.315 e. The van der Waals surface area contributed by atoms with Gasteiger partial charge in [-0.1, -0.05) is 30.3 Å². The first-order chi connectivity index (χ1) is 17.7. The Morgan fingerprint density at radius 1 is 0.946 bits per heavy atom. The molecule has 1 heterocycles. The minimum absolute atomic E-state index is 0.00762. The highest BCUT2D eigenvalue weighted by Crippen LogP contribution is 2.35. The van der Waals surface area contributed by atoms with Crippen LogP contribution in [0.2, 0.25) is 0 Å². The second kappa shape index (κ2) is 11.0. The molecule has 3 aromatic carbocycles. The molecule has 0 saturated carbocycles. The van der Waals surface area contributed by atoms with Gasteiger partial charge in [0, 0.05) is 29.9 Å². The number of unbranched alkanes of at least 4 members (excludes halogenated alkanes) is 1. The van der Waals surface area contributed by atoms with Crippen LogP contribution in [0, 0.1) is 0 Å². The van der Waals surface area contributed by atoms with Crippen LogP contribution in [-0.2, 0) is 22.4 Å². The molecule has 1 aromatic heterocycles. The fraction of sp³-hybridized carbons (Fsp3) is 0.207. The van der Waals surface area contributed by atoms with Crippen LogP contribution in [0.15, 0.2) is 65.1 Å². The summed E-state index contributed by atoms with van der Waals surface area (Å²) in [6.45, 7) is 1.54. The van der Waals surface area contributed by atoms with Crippen LogP contribution in [0.25, 0.3) is 11.0 Å². The maximum atomic E-state index is 13.6. The predicted molar refractivity (Wildman–Crippen MR) is 141 cm³/mol. The molecule has 0 aliphatic heterocycles. The maximum absolute atomic E-state index is 13.6. The Bertz CT molecular complexity index is 1450. The normalized spacial score (nSPS) is 10.9. The topological polar surface area (TPSA) is 146 Å². The number of ether oxygens (including phenoxy) is 1. The number of rotatable bonds is 10. The highest BCUT2D eigenvalue weighted by atomic mass is 16.5. The molecule has 0 radical (unpaired) electrons. The summed E-state index contributed by atoms with van der Waals surface area (Å²) >= 11 is 0. The third-order valence-corrected chi connectivity index (χ3v) is 6.00. The molecule has 8 nitrogen and oxygen atoms in total. The number of carbonyl (C=O) groups excluding carboxylic acids is 3. The van der Waals surface area contributed by atoms with Gasteiger partial charge in [0.2, 0.25) is 0 Å². The van der Waals surface area contributed by atoms with Crippen molar-refractivity contribution >= 4 is 39.9 Å². The van der Waals surface area contributed by atoms with Crippen molar-refractivity contribution in [2.45, 2.75) is 39.0 Å². The van der Waals surface area contributed by atoms with Gasteiger partial charge >= 0.3 is 5.97 Å². The fourth-order valence-corrected chi connectivity index (χ4v) is 4.16. The van der Waals surface area contributed by atoms with Crippen molar-refractivity contribution < 1.29 is 28.6 Å². The van der Waals surface area contributed by atoms with Crippen molar-refractivity contribution in [2.75, 3.05) is 11.5 Å². The lowest BCUT2D eigenvalue weighted by atomic mass is 9.97. The number of phenols is 1. The average molecular weight is 501 g/mol. The summed E-state index contributed by atoms with van der Waals surface area (Å²) < 4.78 is 11.6. The minimum atomic E-state index is -0.423. The van der Waals surface area contributed by atoms with Gasteiger partial charge in [-0.3, -0.25) is 9.59 Å². The van der Waals surface area contributed by atoms with Crippen LogP contribution in [0.5, 0.6) is 11.5 Å². The number of carbonyl (C=O) groups is 3. The number of hydrogen-bond donors (Lipinski definition) is 3. The Balaban J connectivity index is 1.65. The van der Waals surface area contributed by atoms with Crippen LogP contribution in [0.3, 0.4) is 0 Å². The lowest BCUT2D eigenvalue weighted by molar-refractivity contribution is -0.133. The second-order valence-electron chi connectivity index (χ2n) is 8.94. The number of ketones is 2. The molecule has 37 heavy (non-hydrogen) atoms. The first kappa shape index (κ1) is 25.5. The number of nitrogen functional groups attached to an aromatic ring is 2. The number of aromatic hydroxyl groups is 1. The number of aryl methyl sites for hydroxylation is 1. The number of Topliss-reactive ketones (excluding diaryl/α,β-unsaturated/α-hetero) is 1. The van der Waals surface area contributed by atoms with Crippen molar-refractivity contribution in [3.63, 3.8) is 0 Å². The molecule has 0 aliphatic rings. The van der Waals surface area contributed by atoms with E-state index in [1.165, 1.54) is 19.1 Å². The fourth-order valence-electron chi connectivity index (χ4n) is 4.16. The number of esters is 1. The lowest BCUT2D eigenvalue weighted by Gasteiger charge is -2.08. The molecular weight excluding hydrogens is 472 g/mol. The summed E-state index contributed by atoms with van der Waals surface area (Å²) in [6, 6.07) is 16.8. The van der Waals surface area contributed by atoms with Gasteiger partial charge in [0.1, 0.15) is 22.9 Å². The zero-order valence-electron chi connectivity index (χ0n) is 20.5. The largest absolute Gasteiger partial charge is 0.504 e. The Morgan fingerprint density at radius 2 is 1.65 bits per heavy atom. The van der Waals surface area contributed by atoms with E-state index in [0.29, 0.717) is 53.7 Å². The molecule has 8 heteroatoms. The Kier molecular flexibility index (Phi) is 7.57. The van der Waals surface area contributed by atoms with E-state index in [9.17, 15) is 19.5 Å². The highest BCUT2D eigenvalue weighted by Gasteiger charge is 2.24. The number of hydrogen-bond acceptors (Lipinski definition) is 8. The number of nitrogens with two attached hydrogens (primary N) is 2. The highest BCUT2D eigenvalue weighted by molar-refractivity contribution is 6.17. The molecule has 190 valence electrons. The average Bonchev–Trinajstić information content (AvgIpc) is 3.22. The van der Waals surface area contributed by atoms with Crippen LogP contribution in [0.4, 0.5) is 11.4 Å². The molecule has 0 atom stereocenters. The van der Waals surface area contributed by atoms with Crippen LogP contribution >= 0.6 is 0 Å². The second-order valence-corrected chi connectivity index (χ2v) is 8.94. The summed E-state index contributed by atoms with van der Waals surface area (Å²) in [5.41, 5.74) is 13.4. The van der Waals surface area contributed by atoms with E-state index in [0.717, 1.165) is 5.56 Å². The quantitative estimate of drug-likeness (QED) is 0.0690. The van der Waals surface area contributed by atoms with Crippen molar-refractivity contribution in [1.29, 1.82) is 0 Å². The Labute approximate surface area is 213 Å². The van der Waals surface area contributed by atoms with Crippen LogP contribution in [-0.4, -0.2) is 22.6 Å². The van der Waals surface area contributed by atoms with E-state index in [1.54, 1.807) is 18.2 Å². The Hall–Kier alpha value is -4.59. The molecule has 0 spiro atoms. The molecule has 0 amide bonds. The predicted octanol–water partition coefficient (Wildman–Crippen LogP) is 4.98. The van der Waals surface area contributed by atoms with Gasteiger partial charge in [-0.25, -0.2) is 0 Å². The molecular formula is C29H28N2O6. The molecule has 5 N–H and O–H groups in total. The van der Waals surface area contributed by atoms with E-state index in [-0.39, 0.29) is 40.7 Å². The zero-order chi connectivity index (χ0) is 26.5. The van der Waals surface area contributed by atoms with Crippen LogP contribution < -0.4 is 16.2 Å². The van der Waals surface area contributed by atoms with Gasteiger partial charge in [0.05, 0.1) is 23.4 Å². The molecule has 4 rings (SSSR count). The summed E-state index contributed by atoms with van der Waals surface area (Å²) in [4.78, 5) is 37.3. The van der Waals surface area contributed by atoms with Crippen LogP contribution in [0.1, 0.15) is 53.4 Å². The van der Waals surface area contributed by atoms with Gasteiger partial charge in [0.25, 0.3) is 0 Å². The summed E-state index contributed by atoms with van der Waals surface area (Å²) in [5, 5.41) is 10.4. The molecule has 0 fully saturated rings. The number of phenolic OH excluding ortho intramolecular Hbond substituents is 1. The molecule has 0 saturated heterocycles. The number of furan rings is 1. The molecule has 0 bridgehead atoms. The molecule has 0 unspecified atom stereocenters. The third kappa shape index (κ3) is 5.98. The zero-order valence-corrected chi connectivity index (χ0v) is 20.5. The monoisotopic (exact) mass is 500 g/mol. The van der Waals surface area contributed by atoms with Gasteiger partial charge < -0.3 is 30.5 Å². The Morgan fingerprint density at radius 3 is 2.32 bits per heavy atom. The lowest BCUT2D eigenvalue weighted by Crippen LogP contribution is -2.11. The van der Waals surface area contributed by atoms with E-state index >= 15 is 0 Å². The number of anilines is 2. The standard InChI is InChI=1S/C29H28N2O6/c1-17(32)7-5-6-10-24-27(28(34)19-14-22(30)29(35)23(31)15-19)21-12-11-20(16-25(21)37-24)36-26(33)13-18-8-3-2-4-9-18/h2-4,8-9,11-12,14-16,35H,5-7,10,13,30-31H2,1H3. The summed E-state index contributed by atoms with van der Waals surface area (Å²) in [5.74, 6) is -0.234. The van der Waals surface area contributed by atoms with E-state index in [4.69, 9.17) is 20.6 Å². The van der Waals surface area contributed by atoms with Gasteiger partial charge in [0.15, 0.2) is 11.5 Å². The van der Waals surface area contributed by atoms with Gasteiger partial charge in [-0.2, -0.15) is 0 Å². The van der Waals surface area contributed by atoms with Gasteiger partial charge in [-0.05, 0) is 49.6 Å². The molecule has 0 aliphatic carbocycles. The van der Waals surface area contributed by atoms with Crippen molar-refractivity contribution in [2.24, 2.45) is 0 Å². The van der Waals surface area contributed by atoms with Crippen molar-refractivity contribution in [1.82, 2.24) is 0 Å². The first-order valence-corrected chi connectivity index (χ1v) is 11.9. The van der Waals surface area contributed by atoms with E-state index in [1.807, 2.05) is 30.3 Å². The maximum Gasteiger partial charge on any atom is 0.315 e. The number of benzene rings is 3. The minimum Gasteiger partial charge on any atom is -0.504 e. The van der Waals surface area contributed by atoms with Gasteiger partial charge in [-0.15, -0.1) is 0 Å². The summed E-state index contributed by atoms with van der Waals surface area (Å²) in [6.07, 6.45) is 2.27. The van der Waals surface area contributed by atoms with E-state index in [2.05, 4.69) is 0 Å². The SMILES string of the molecule is CC(=O)CCCCc1oc2cc(OC(=O)Cc3ccccc3)ccc2c1C(=O)c1cc(N)c(O)c(N)c1. The first-order valence-electron chi connectivity index (χ1n) is 11.9. The molecule has 4 aromatic rings.